The first-order valence-electron chi connectivity index (χ1n) is 7.61. The number of nitrogens with zero attached hydrogens (tertiary/aromatic N) is 2. The Balaban J connectivity index is 2.02. The van der Waals surface area contributed by atoms with Crippen molar-refractivity contribution in [2.45, 2.75) is 19.3 Å². The van der Waals surface area contributed by atoms with Gasteiger partial charge in [0.15, 0.2) is 0 Å². The fourth-order valence-electron chi connectivity index (χ4n) is 2.80. The fourth-order valence-corrected chi connectivity index (χ4v) is 2.80. The number of amides is 1. The zero-order valence-electron chi connectivity index (χ0n) is 13.5. The van der Waals surface area contributed by atoms with Gasteiger partial charge in [-0.3, -0.25) is 9.59 Å². The SMILES string of the molecule is Cc1ccccc1[C@H]1C[C@@H]1C(=O)N(CCN(C)C)CC(=O)O. The van der Waals surface area contributed by atoms with Gasteiger partial charge in [0.1, 0.15) is 6.54 Å². The van der Waals surface area contributed by atoms with E-state index in [2.05, 4.69) is 19.1 Å². The number of benzene rings is 1. The lowest BCUT2D eigenvalue weighted by molar-refractivity contribution is -0.145. The van der Waals surface area contributed by atoms with Crippen molar-refractivity contribution in [3.05, 3.63) is 35.4 Å². The third-order valence-corrected chi connectivity index (χ3v) is 4.15. The Labute approximate surface area is 131 Å². The van der Waals surface area contributed by atoms with Crippen LogP contribution in [0.25, 0.3) is 0 Å². The highest BCUT2D eigenvalue weighted by atomic mass is 16.4. The number of aliphatic carboxylic acids is 1. The van der Waals surface area contributed by atoms with E-state index >= 15 is 0 Å². The van der Waals surface area contributed by atoms with E-state index in [1.165, 1.54) is 16.0 Å². The quantitative estimate of drug-likeness (QED) is 0.831. The lowest BCUT2D eigenvalue weighted by atomic mass is 10.0. The molecule has 22 heavy (non-hydrogen) atoms. The molecule has 1 aliphatic carbocycles. The van der Waals surface area contributed by atoms with Gasteiger partial charge in [0, 0.05) is 19.0 Å². The van der Waals surface area contributed by atoms with Gasteiger partial charge in [0.2, 0.25) is 5.91 Å². The predicted octanol–water partition coefficient (Wildman–Crippen LogP) is 1.57. The van der Waals surface area contributed by atoms with E-state index in [0.717, 1.165) is 6.42 Å². The Morgan fingerprint density at radius 2 is 1.91 bits per heavy atom. The van der Waals surface area contributed by atoms with Crippen LogP contribution in [0.15, 0.2) is 24.3 Å². The molecule has 2 rings (SSSR count). The van der Waals surface area contributed by atoms with Gasteiger partial charge >= 0.3 is 5.97 Å². The van der Waals surface area contributed by atoms with Crippen LogP contribution in [0.3, 0.4) is 0 Å². The zero-order valence-corrected chi connectivity index (χ0v) is 13.5. The van der Waals surface area contributed by atoms with E-state index < -0.39 is 5.97 Å². The Morgan fingerprint density at radius 1 is 1.23 bits per heavy atom. The largest absolute Gasteiger partial charge is 0.480 e. The van der Waals surface area contributed by atoms with Gasteiger partial charge in [-0.2, -0.15) is 0 Å². The van der Waals surface area contributed by atoms with Crippen molar-refractivity contribution < 1.29 is 14.7 Å². The monoisotopic (exact) mass is 304 g/mol. The lowest BCUT2D eigenvalue weighted by Crippen LogP contribution is -2.41. The maximum Gasteiger partial charge on any atom is 0.323 e. The van der Waals surface area contributed by atoms with Crippen LogP contribution in [0.2, 0.25) is 0 Å². The summed E-state index contributed by atoms with van der Waals surface area (Å²) in [5.74, 6) is -0.815. The molecule has 5 nitrogen and oxygen atoms in total. The molecule has 0 bridgehead atoms. The zero-order chi connectivity index (χ0) is 16.3. The summed E-state index contributed by atoms with van der Waals surface area (Å²) in [5.41, 5.74) is 2.41. The molecular weight excluding hydrogens is 280 g/mol. The maximum atomic E-state index is 12.6. The molecule has 0 saturated heterocycles. The number of likely N-dealkylation sites (N-methyl/N-ethyl adjacent to an activating group) is 1. The molecule has 1 fully saturated rings. The molecule has 0 unspecified atom stereocenters. The average Bonchev–Trinajstić information content (AvgIpc) is 3.23. The minimum Gasteiger partial charge on any atom is -0.480 e. The third-order valence-electron chi connectivity index (χ3n) is 4.15. The minimum absolute atomic E-state index is 0.0301. The van der Waals surface area contributed by atoms with Crippen molar-refractivity contribution >= 4 is 11.9 Å². The lowest BCUT2D eigenvalue weighted by Gasteiger charge is -2.23. The highest BCUT2D eigenvalue weighted by molar-refractivity contribution is 5.86. The number of carboxylic acid groups (broad SMARTS) is 1. The second-order valence-corrected chi connectivity index (χ2v) is 6.26. The molecule has 0 aromatic heterocycles. The summed E-state index contributed by atoms with van der Waals surface area (Å²) < 4.78 is 0. The fraction of sp³-hybridized carbons (Fsp3) is 0.529. The second-order valence-electron chi connectivity index (χ2n) is 6.26. The normalized spacial score (nSPS) is 20.0. The number of hydrogen-bond donors (Lipinski definition) is 1. The molecule has 0 aliphatic heterocycles. The first kappa shape index (κ1) is 16.5. The number of rotatable bonds is 7. The molecular formula is C17H24N2O3. The first-order chi connectivity index (χ1) is 10.4. The van der Waals surface area contributed by atoms with Gasteiger partial charge in [-0.1, -0.05) is 24.3 Å². The molecule has 1 N–H and O–H groups in total. The highest BCUT2D eigenvalue weighted by Gasteiger charge is 2.46. The molecule has 1 aromatic rings. The molecule has 1 amide bonds. The minimum atomic E-state index is -0.958. The average molecular weight is 304 g/mol. The molecule has 1 saturated carbocycles. The van der Waals surface area contributed by atoms with Gasteiger partial charge in [-0.05, 0) is 44.5 Å². The van der Waals surface area contributed by atoms with Crippen LogP contribution in [0.1, 0.15) is 23.5 Å². The number of carbonyl (C=O) groups excluding carboxylic acids is 1. The van der Waals surface area contributed by atoms with E-state index in [4.69, 9.17) is 5.11 Å². The van der Waals surface area contributed by atoms with Crippen LogP contribution >= 0.6 is 0 Å². The van der Waals surface area contributed by atoms with Crippen LogP contribution in [0.4, 0.5) is 0 Å². The van der Waals surface area contributed by atoms with Gasteiger partial charge < -0.3 is 14.9 Å². The summed E-state index contributed by atoms with van der Waals surface area (Å²) in [4.78, 5) is 27.0. The molecule has 0 spiro atoms. The van der Waals surface area contributed by atoms with Crippen LogP contribution in [0.5, 0.6) is 0 Å². The number of aryl methyl sites for hydroxylation is 1. The number of hydrogen-bond acceptors (Lipinski definition) is 3. The van der Waals surface area contributed by atoms with E-state index in [0.29, 0.717) is 13.1 Å². The molecule has 0 radical (unpaired) electrons. The Kier molecular flexibility index (Phi) is 5.19. The standard InChI is InChI=1S/C17H24N2O3/c1-12-6-4-5-7-13(12)14-10-15(14)17(22)19(11-16(20)21)9-8-18(2)3/h4-7,14-15H,8-11H2,1-3H3,(H,20,21)/t14-,15+/m1/s1. The molecule has 1 aromatic carbocycles. The molecule has 0 heterocycles. The van der Waals surface area contributed by atoms with Crippen LogP contribution in [0, 0.1) is 12.8 Å². The molecule has 5 heteroatoms. The Morgan fingerprint density at radius 3 is 2.50 bits per heavy atom. The van der Waals surface area contributed by atoms with E-state index in [9.17, 15) is 9.59 Å². The van der Waals surface area contributed by atoms with E-state index in [1.807, 2.05) is 31.1 Å². The van der Waals surface area contributed by atoms with Crippen LogP contribution in [-0.4, -0.2) is 60.5 Å². The molecule has 2 atom stereocenters. The Bertz CT molecular complexity index is 557. The van der Waals surface area contributed by atoms with Gasteiger partial charge in [0.05, 0.1) is 0 Å². The Hall–Kier alpha value is -1.88. The predicted molar refractivity (Wildman–Crippen MR) is 84.8 cm³/mol. The van der Waals surface area contributed by atoms with Gasteiger partial charge in [0.25, 0.3) is 0 Å². The van der Waals surface area contributed by atoms with Crippen molar-refractivity contribution in [3.63, 3.8) is 0 Å². The summed E-state index contributed by atoms with van der Waals surface area (Å²) in [7, 11) is 3.83. The summed E-state index contributed by atoms with van der Waals surface area (Å²) in [6, 6.07) is 8.10. The van der Waals surface area contributed by atoms with Crippen molar-refractivity contribution in [3.8, 4) is 0 Å². The summed E-state index contributed by atoms with van der Waals surface area (Å²) in [5, 5.41) is 9.02. The van der Waals surface area contributed by atoms with E-state index in [1.54, 1.807) is 0 Å². The van der Waals surface area contributed by atoms with Crippen molar-refractivity contribution in [1.82, 2.24) is 9.80 Å². The summed E-state index contributed by atoms with van der Waals surface area (Å²) in [6.07, 6.45) is 0.821. The van der Waals surface area contributed by atoms with Gasteiger partial charge in [-0.25, -0.2) is 0 Å². The van der Waals surface area contributed by atoms with Crippen LogP contribution < -0.4 is 0 Å². The third kappa shape index (κ3) is 4.07. The molecule has 1 aliphatic rings. The van der Waals surface area contributed by atoms with E-state index in [-0.39, 0.29) is 24.3 Å². The smallest absolute Gasteiger partial charge is 0.323 e. The maximum absolute atomic E-state index is 12.6. The van der Waals surface area contributed by atoms with Crippen molar-refractivity contribution in [2.75, 3.05) is 33.7 Å². The van der Waals surface area contributed by atoms with Gasteiger partial charge in [-0.15, -0.1) is 0 Å². The molecule has 120 valence electrons. The highest BCUT2D eigenvalue weighted by Crippen LogP contribution is 2.49. The first-order valence-corrected chi connectivity index (χ1v) is 7.61. The van der Waals surface area contributed by atoms with Crippen molar-refractivity contribution in [1.29, 1.82) is 0 Å². The summed E-state index contributed by atoms with van der Waals surface area (Å²) >= 11 is 0. The van der Waals surface area contributed by atoms with Crippen LogP contribution in [-0.2, 0) is 9.59 Å². The second kappa shape index (κ2) is 6.92. The number of carboxylic acids is 1. The number of carbonyl (C=O) groups is 2. The summed E-state index contributed by atoms with van der Waals surface area (Å²) in [6.45, 7) is 2.95. The van der Waals surface area contributed by atoms with Crippen molar-refractivity contribution in [2.24, 2.45) is 5.92 Å². The topological polar surface area (TPSA) is 60.9 Å².